The molecule has 0 amide bonds. The van der Waals surface area contributed by atoms with Gasteiger partial charge < -0.3 is 10.2 Å². The van der Waals surface area contributed by atoms with Gasteiger partial charge in [-0.25, -0.2) is 0 Å². The molecule has 16 heavy (non-hydrogen) atoms. The average Bonchev–Trinajstić information content (AvgIpc) is 2.16. The van der Waals surface area contributed by atoms with Gasteiger partial charge in [-0.2, -0.15) is 0 Å². The van der Waals surface area contributed by atoms with E-state index >= 15 is 0 Å². The molecule has 0 aromatic heterocycles. The van der Waals surface area contributed by atoms with Gasteiger partial charge in [0.2, 0.25) is 0 Å². The number of hydrogen-bond acceptors (Lipinski definition) is 2. The van der Waals surface area contributed by atoms with Crippen LogP contribution in [0.4, 0.5) is 0 Å². The van der Waals surface area contributed by atoms with Crippen LogP contribution in [-0.2, 0) is 0 Å². The van der Waals surface area contributed by atoms with E-state index in [4.69, 9.17) is 0 Å². The molecule has 0 aliphatic heterocycles. The second kappa shape index (κ2) is 3.58. The van der Waals surface area contributed by atoms with Crippen LogP contribution in [0.5, 0.6) is 0 Å². The highest BCUT2D eigenvalue weighted by Gasteiger charge is 2.57. The Balaban J connectivity index is 2.43. The van der Waals surface area contributed by atoms with Crippen molar-refractivity contribution in [2.24, 2.45) is 10.8 Å². The highest BCUT2D eigenvalue weighted by molar-refractivity contribution is 5.20. The lowest BCUT2D eigenvalue weighted by Crippen LogP contribution is -2.57. The average molecular weight is 224 g/mol. The fourth-order valence-corrected chi connectivity index (χ4v) is 3.89. The molecule has 2 unspecified atom stereocenters. The van der Waals surface area contributed by atoms with Gasteiger partial charge >= 0.3 is 0 Å². The molecule has 1 fully saturated rings. The van der Waals surface area contributed by atoms with Crippen LogP contribution in [0.2, 0.25) is 0 Å². The maximum Gasteiger partial charge on any atom is 0.0721 e. The Morgan fingerprint density at radius 2 is 1.81 bits per heavy atom. The van der Waals surface area contributed by atoms with Gasteiger partial charge in [-0.3, -0.25) is 0 Å². The van der Waals surface area contributed by atoms with Crippen molar-refractivity contribution in [3.63, 3.8) is 0 Å². The third kappa shape index (κ3) is 1.54. The monoisotopic (exact) mass is 224 g/mol. The van der Waals surface area contributed by atoms with Crippen LogP contribution in [0, 0.1) is 10.8 Å². The second-order valence-electron chi connectivity index (χ2n) is 6.45. The lowest BCUT2D eigenvalue weighted by atomic mass is 9.48. The van der Waals surface area contributed by atoms with Gasteiger partial charge in [0.15, 0.2) is 0 Å². The molecule has 0 bridgehead atoms. The van der Waals surface area contributed by atoms with Gasteiger partial charge in [-0.1, -0.05) is 32.4 Å². The first-order chi connectivity index (χ1) is 7.31. The minimum atomic E-state index is -0.634. The standard InChI is InChI=1S/C14H24O2/c1-12(2)7-4-8-13(3,16)14(12)9-5-11(15)6-10-14/h5,9,11,15-16H,4,6-8,10H2,1-3H3/t11?,13?,14-/m0/s1. The van der Waals surface area contributed by atoms with Gasteiger partial charge in [0.1, 0.15) is 0 Å². The Morgan fingerprint density at radius 1 is 1.12 bits per heavy atom. The molecule has 2 aliphatic carbocycles. The third-order valence-electron chi connectivity index (χ3n) is 5.07. The minimum absolute atomic E-state index is 0.116. The molecule has 2 N–H and O–H groups in total. The summed E-state index contributed by atoms with van der Waals surface area (Å²) < 4.78 is 0. The summed E-state index contributed by atoms with van der Waals surface area (Å²) in [4.78, 5) is 0. The van der Waals surface area contributed by atoms with Crippen LogP contribution in [0.25, 0.3) is 0 Å². The molecular weight excluding hydrogens is 200 g/mol. The summed E-state index contributed by atoms with van der Waals surface area (Å²) in [6.45, 7) is 6.47. The first-order valence-electron chi connectivity index (χ1n) is 6.41. The summed E-state index contributed by atoms with van der Waals surface area (Å²) in [7, 11) is 0. The normalized spacial score (nSPS) is 47.2. The van der Waals surface area contributed by atoms with Crippen molar-refractivity contribution in [2.45, 2.75) is 64.6 Å². The number of rotatable bonds is 0. The molecule has 2 rings (SSSR count). The first-order valence-corrected chi connectivity index (χ1v) is 6.41. The summed E-state index contributed by atoms with van der Waals surface area (Å²) >= 11 is 0. The molecule has 0 radical (unpaired) electrons. The molecule has 1 spiro atoms. The summed E-state index contributed by atoms with van der Waals surface area (Å²) in [6, 6.07) is 0. The van der Waals surface area contributed by atoms with Gasteiger partial charge in [0, 0.05) is 5.41 Å². The maximum absolute atomic E-state index is 10.7. The van der Waals surface area contributed by atoms with Crippen molar-refractivity contribution in [3.05, 3.63) is 12.2 Å². The summed E-state index contributed by atoms with van der Waals surface area (Å²) in [5.74, 6) is 0. The van der Waals surface area contributed by atoms with Crippen molar-refractivity contribution in [1.29, 1.82) is 0 Å². The van der Waals surface area contributed by atoms with Crippen LogP contribution in [0.1, 0.15) is 52.9 Å². The quantitative estimate of drug-likeness (QED) is 0.621. The van der Waals surface area contributed by atoms with Gasteiger partial charge in [0.25, 0.3) is 0 Å². The SMILES string of the molecule is CC1(C)CCCC(C)(O)[C@]12C=CC(O)CC2. The summed E-state index contributed by atoms with van der Waals surface area (Å²) in [5.41, 5.74) is -0.672. The van der Waals surface area contributed by atoms with Crippen molar-refractivity contribution in [2.75, 3.05) is 0 Å². The molecule has 92 valence electrons. The molecule has 3 atom stereocenters. The Labute approximate surface area is 98.4 Å². The third-order valence-corrected chi connectivity index (χ3v) is 5.07. The maximum atomic E-state index is 10.7. The molecule has 2 nitrogen and oxygen atoms in total. The molecular formula is C14H24O2. The predicted molar refractivity (Wildman–Crippen MR) is 65.1 cm³/mol. The zero-order valence-electron chi connectivity index (χ0n) is 10.7. The van der Waals surface area contributed by atoms with Gasteiger partial charge in [-0.15, -0.1) is 0 Å². The van der Waals surface area contributed by atoms with Crippen molar-refractivity contribution >= 4 is 0 Å². The predicted octanol–water partition coefficient (Wildman–Crippen LogP) is 2.64. The zero-order chi connectivity index (χ0) is 12.0. The first kappa shape index (κ1) is 12.1. The van der Waals surface area contributed by atoms with E-state index in [1.54, 1.807) is 0 Å². The Hall–Kier alpha value is -0.340. The van der Waals surface area contributed by atoms with E-state index in [9.17, 15) is 10.2 Å². The summed E-state index contributed by atoms with van der Waals surface area (Å²) in [6.07, 6.45) is 8.45. The molecule has 0 aromatic carbocycles. The largest absolute Gasteiger partial charge is 0.389 e. The number of hydrogen-bond donors (Lipinski definition) is 2. The number of aliphatic hydroxyl groups excluding tert-OH is 1. The molecule has 0 saturated heterocycles. The Morgan fingerprint density at radius 3 is 2.31 bits per heavy atom. The zero-order valence-corrected chi connectivity index (χ0v) is 10.7. The van der Waals surface area contributed by atoms with E-state index < -0.39 is 5.60 Å². The highest BCUT2D eigenvalue weighted by Crippen LogP contribution is 2.60. The summed E-state index contributed by atoms with van der Waals surface area (Å²) in [5, 5.41) is 20.3. The molecule has 2 heteroatoms. The van der Waals surface area contributed by atoms with Crippen molar-refractivity contribution in [1.82, 2.24) is 0 Å². The van der Waals surface area contributed by atoms with Crippen LogP contribution in [0.15, 0.2) is 12.2 Å². The molecule has 0 aromatic rings. The molecule has 1 saturated carbocycles. The molecule has 2 aliphatic rings. The van der Waals surface area contributed by atoms with Crippen LogP contribution in [-0.4, -0.2) is 21.9 Å². The van der Waals surface area contributed by atoms with Crippen LogP contribution in [0.3, 0.4) is 0 Å². The Bertz CT molecular complexity index is 286. The van der Waals surface area contributed by atoms with E-state index in [1.807, 2.05) is 13.0 Å². The van der Waals surface area contributed by atoms with Crippen LogP contribution < -0.4 is 0 Å². The highest BCUT2D eigenvalue weighted by atomic mass is 16.3. The lowest BCUT2D eigenvalue weighted by molar-refractivity contribution is -0.148. The van der Waals surface area contributed by atoms with E-state index in [-0.39, 0.29) is 16.9 Å². The Kier molecular flexibility index (Phi) is 2.71. The lowest BCUT2D eigenvalue weighted by Gasteiger charge is -2.58. The van der Waals surface area contributed by atoms with E-state index in [1.165, 1.54) is 0 Å². The smallest absolute Gasteiger partial charge is 0.0721 e. The van der Waals surface area contributed by atoms with Gasteiger partial charge in [-0.05, 0) is 38.0 Å². The van der Waals surface area contributed by atoms with Gasteiger partial charge in [0.05, 0.1) is 11.7 Å². The second-order valence-corrected chi connectivity index (χ2v) is 6.45. The van der Waals surface area contributed by atoms with E-state index in [0.717, 1.165) is 32.1 Å². The topological polar surface area (TPSA) is 40.5 Å². The fourth-order valence-electron chi connectivity index (χ4n) is 3.89. The van der Waals surface area contributed by atoms with E-state index in [2.05, 4.69) is 19.9 Å². The van der Waals surface area contributed by atoms with Crippen molar-refractivity contribution in [3.8, 4) is 0 Å². The minimum Gasteiger partial charge on any atom is -0.389 e. The number of aliphatic hydroxyl groups is 2. The fraction of sp³-hybridized carbons (Fsp3) is 0.857. The van der Waals surface area contributed by atoms with E-state index in [0.29, 0.717) is 0 Å². The molecule has 0 heterocycles. The van der Waals surface area contributed by atoms with Crippen molar-refractivity contribution < 1.29 is 10.2 Å². The van der Waals surface area contributed by atoms with Crippen LogP contribution >= 0.6 is 0 Å².